The number of carbonyl (C=O) groups excluding carboxylic acids is 2. The van der Waals surface area contributed by atoms with E-state index in [1.807, 2.05) is 45.0 Å². The van der Waals surface area contributed by atoms with E-state index in [0.717, 1.165) is 28.1 Å². The fourth-order valence-corrected chi connectivity index (χ4v) is 4.23. The van der Waals surface area contributed by atoms with Gasteiger partial charge in [-0.05, 0) is 62.6 Å². The minimum atomic E-state index is -3.77. The highest BCUT2D eigenvalue weighted by molar-refractivity contribution is 7.92. The second-order valence-electron chi connectivity index (χ2n) is 8.41. The molecule has 0 aliphatic heterocycles. The molecule has 0 fully saturated rings. The number of hydrogen-bond donors (Lipinski definition) is 1. The quantitative estimate of drug-likeness (QED) is 0.523. The molecule has 0 unspecified atom stereocenters. The molecule has 2 aromatic carbocycles. The topological polar surface area (TPSA) is 96.0 Å². The zero-order chi connectivity index (χ0) is 25.5. The largest absolute Gasteiger partial charge is 0.497 e. The summed E-state index contributed by atoms with van der Waals surface area (Å²) in [6.45, 7) is 7.20. The van der Waals surface area contributed by atoms with E-state index in [4.69, 9.17) is 4.74 Å². The molecule has 0 saturated heterocycles. The number of nitrogens with zero attached hydrogens (tertiary/aromatic N) is 2. The highest BCUT2D eigenvalue weighted by Crippen LogP contribution is 2.22. The first kappa shape index (κ1) is 27.2. The first-order chi connectivity index (χ1) is 16.0. The van der Waals surface area contributed by atoms with Gasteiger partial charge in [0.05, 0.1) is 19.1 Å². The monoisotopic (exact) mass is 489 g/mol. The number of aryl methyl sites for hydroxylation is 1. The molecule has 0 heterocycles. The maximum Gasteiger partial charge on any atom is 0.244 e. The van der Waals surface area contributed by atoms with Crippen LogP contribution in [0, 0.1) is 6.92 Å². The Kier molecular flexibility index (Phi) is 9.49. The summed E-state index contributed by atoms with van der Waals surface area (Å²) in [4.78, 5) is 27.9. The van der Waals surface area contributed by atoms with Crippen LogP contribution in [0.1, 0.15) is 38.3 Å². The number of anilines is 1. The number of amides is 2. The number of ether oxygens (including phenoxy) is 1. The molecule has 34 heavy (non-hydrogen) atoms. The van der Waals surface area contributed by atoms with E-state index in [1.54, 1.807) is 31.2 Å². The van der Waals surface area contributed by atoms with Gasteiger partial charge in [0.2, 0.25) is 21.8 Å². The lowest BCUT2D eigenvalue weighted by atomic mass is 10.1. The summed E-state index contributed by atoms with van der Waals surface area (Å²) < 4.78 is 31.4. The fourth-order valence-electron chi connectivity index (χ4n) is 3.38. The van der Waals surface area contributed by atoms with Gasteiger partial charge in [-0.3, -0.25) is 13.9 Å². The van der Waals surface area contributed by atoms with Crippen molar-refractivity contribution >= 4 is 27.5 Å². The van der Waals surface area contributed by atoms with E-state index >= 15 is 0 Å². The van der Waals surface area contributed by atoms with Gasteiger partial charge < -0.3 is 15.0 Å². The zero-order valence-electron chi connectivity index (χ0n) is 20.7. The van der Waals surface area contributed by atoms with Crippen LogP contribution < -0.4 is 14.4 Å². The summed E-state index contributed by atoms with van der Waals surface area (Å²) in [6, 6.07) is 13.2. The van der Waals surface area contributed by atoms with Crippen molar-refractivity contribution in [3.05, 3.63) is 59.7 Å². The molecule has 0 aliphatic rings. The summed E-state index contributed by atoms with van der Waals surface area (Å²) in [5.41, 5.74) is 2.20. The number of hydrogen-bond acceptors (Lipinski definition) is 5. The molecule has 9 heteroatoms. The molecule has 186 valence electrons. The van der Waals surface area contributed by atoms with Crippen LogP contribution in [0.15, 0.2) is 48.5 Å². The smallest absolute Gasteiger partial charge is 0.244 e. The lowest BCUT2D eigenvalue weighted by Crippen LogP contribution is -2.52. The van der Waals surface area contributed by atoms with Gasteiger partial charge in [-0.1, -0.05) is 31.2 Å². The molecule has 8 nitrogen and oxygen atoms in total. The van der Waals surface area contributed by atoms with Crippen LogP contribution in [-0.2, 0) is 26.2 Å². The lowest BCUT2D eigenvalue weighted by molar-refractivity contribution is -0.139. The Bertz CT molecular complexity index is 1090. The molecule has 0 aliphatic carbocycles. The standard InChI is InChI=1S/C25H35N3O5S/c1-7-19(3)26-25(30)20(4)27(16-21-11-9-8-10-18(21)2)24(29)17-28(34(6,31)32)22-12-14-23(33-5)15-13-22/h8-15,19-20H,7,16-17H2,1-6H3,(H,26,30)/t19-,20+/m0/s1. The summed E-state index contributed by atoms with van der Waals surface area (Å²) in [5.74, 6) is -0.192. The van der Waals surface area contributed by atoms with E-state index in [1.165, 1.54) is 12.0 Å². The van der Waals surface area contributed by atoms with Crippen LogP contribution >= 0.6 is 0 Å². The third-order valence-corrected chi connectivity index (χ3v) is 6.95. The molecule has 0 bridgehead atoms. The van der Waals surface area contributed by atoms with Crippen molar-refractivity contribution in [1.29, 1.82) is 0 Å². The first-order valence-electron chi connectivity index (χ1n) is 11.2. The van der Waals surface area contributed by atoms with Crippen molar-refractivity contribution < 1.29 is 22.7 Å². The maximum atomic E-state index is 13.5. The number of carbonyl (C=O) groups is 2. The lowest BCUT2D eigenvalue weighted by Gasteiger charge is -2.32. The van der Waals surface area contributed by atoms with Crippen LogP contribution in [-0.4, -0.2) is 57.1 Å². The highest BCUT2D eigenvalue weighted by Gasteiger charge is 2.30. The number of methoxy groups -OCH3 is 1. The average molecular weight is 490 g/mol. The molecule has 2 aromatic rings. The van der Waals surface area contributed by atoms with Gasteiger partial charge in [0.25, 0.3) is 0 Å². The van der Waals surface area contributed by atoms with Crippen molar-refractivity contribution in [2.45, 2.75) is 52.7 Å². The summed E-state index contributed by atoms with van der Waals surface area (Å²) >= 11 is 0. The Morgan fingerprint density at radius 3 is 2.21 bits per heavy atom. The Morgan fingerprint density at radius 2 is 1.68 bits per heavy atom. The Labute approximate surface area is 202 Å². The van der Waals surface area contributed by atoms with Gasteiger partial charge in [0.15, 0.2) is 0 Å². The van der Waals surface area contributed by atoms with Crippen LogP contribution in [0.4, 0.5) is 5.69 Å². The Morgan fingerprint density at radius 1 is 1.06 bits per heavy atom. The van der Waals surface area contributed by atoms with Crippen LogP contribution in [0.5, 0.6) is 5.75 Å². The van der Waals surface area contributed by atoms with E-state index in [9.17, 15) is 18.0 Å². The van der Waals surface area contributed by atoms with Crippen molar-refractivity contribution in [3.63, 3.8) is 0 Å². The maximum absolute atomic E-state index is 13.5. The number of rotatable bonds is 11. The van der Waals surface area contributed by atoms with Gasteiger partial charge in [-0.15, -0.1) is 0 Å². The molecule has 0 saturated carbocycles. The molecule has 0 radical (unpaired) electrons. The molecular formula is C25H35N3O5S. The predicted molar refractivity (Wildman–Crippen MR) is 134 cm³/mol. The average Bonchev–Trinajstić information content (AvgIpc) is 2.80. The van der Waals surface area contributed by atoms with Gasteiger partial charge in [-0.25, -0.2) is 8.42 Å². The first-order valence-corrected chi connectivity index (χ1v) is 13.1. The molecule has 2 rings (SSSR count). The van der Waals surface area contributed by atoms with Crippen LogP contribution in [0.3, 0.4) is 0 Å². The minimum absolute atomic E-state index is 0.0443. The summed E-state index contributed by atoms with van der Waals surface area (Å²) in [5, 5.41) is 2.91. The van der Waals surface area contributed by atoms with Crippen molar-refractivity contribution in [3.8, 4) is 5.75 Å². The summed E-state index contributed by atoms with van der Waals surface area (Å²) in [7, 11) is -2.26. The van der Waals surface area contributed by atoms with E-state index in [0.29, 0.717) is 11.4 Å². The molecule has 2 atom stereocenters. The zero-order valence-corrected chi connectivity index (χ0v) is 21.6. The second-order valence-corrected chi connectivity index (χ2v) is 10.3. The molecule has 1 N–H and O–H groups in total. The minimum Gasteiger partial charge on any atom is -0.497 e. The third-order valence-electron chi connectivity index (χ3n) is 5.81. The third kappa shape index (κ3) is 7.21. The van der Waals surface area contributed by atoms with Crippen LogP contribution in [0.25, 0.3) is 0 Å². The van der Waals surface area contributed by atoms with Crippen molar-refractivity contribution in [1.82, 2.24) is 10.2 Å². The van der Waals surface area contributed by atoms with Crippen molar-refractivity contribution in [2.75, 3.05) is 24.2 Å². The normalized spacial score (nSPS) is 13.0. The molecule has 0 aromatic heterocycles. The van der Waals surface area contributed by atoms with Gasteiger partial charge in [-0.2, -0.15) is 0 Å². The SMILES string of the molecule is CC[C@H](C)NC(=O)[C@@H](C)N(Cc1ccccc1C)C(=O)CN(c1ccc(OC)cc1)S(C)(=O)=O. The van der Waals surface area contributed by atoms with Gasteiger partial charge in [0, 0.05) is 12.6 Å². The highest BCUT2D eigenvalue weighted by atomic mass is 32.2. The van der Waals surface area contributed by atoms with Gasteiger partial charge >= 0.3 is 0 Å². The molecule has 2 amide bonds. The number of nitrogens with one attached hydrogen (secondary N) is 1. The summed E-state index contributed by atoms with van der Waals surface area (Å²) in [6.07, 6.45) is 1.80. The predicted octanol–water partition coefficient (Wildman–Crippen LogP) is 3.10. The Hall–Kier alpha value is -3.07. The molecule has 0 spiro atoms. The van der Waals surface area contributed by atoms with Gasteiger partial charge in [0.1, 0.15) is 18.3 Å². The Balaban J connectivity index is 2.39. The number of sulfonamides is 1. The fraction of sp³-hybridized carbons (Fsp3) is 0.440. The number of benzene rings is 2. The second kappa shape index (κ2) is 11.9. The van der Waals surface area contributed by atoms with Crippen molar-refractivity contribution in [2.24, 2.45) is 0 Å². The van der Waals surface area contributed by atoms with E-state index < -0.39 is 28.5 Å². The van der Waals surface area contributed by atoms with E-state index in [2.05, 4.69) is 5.32 Å². The molecular weight excluding hydrogens is 454 g/mol. The van der Waals surface area contributed by atoms with E-state index in [-0.39, 0.29) is 18.5 Å². The van der Waals surface area contributed by atoms with Crippen LogP contribution in [0.2, 0.25) is 0 Å².